The van der Waals surface area contributed by atoms with Crippen LogP contribution in [0.4, 0.5) is 13.2 Å². The van der Waals surface area contributed by atoms with Gasteiger partial charge in [0.25, 0.3) is 0 Å². The van der Waals surface area contributed by atoms with Gasteiger partial charge in [-0.25, -0.2) is 4.79 Å². The van der Waals surface area contributed by atoms with Crippen LogP contribution in [0, 0.1) is 0 Å². The van der Waals surface area contributed by atoms with Crippen LogP contribution in [0.3, 0.4) is 0 Å². The molecule has 0 aliphatic carbocycles. The molecule has 0 amide bonds. The Balaban J connectivity index is 1.55. The summed E-state index contributed by atoms with van der Waals surface area (Å²) in [6.45, 7) is 1.79. The maximum atomic E-state index is 12.5. The highest BCUT2D eigenvalue weighted by atomic mass is 32.1. The molecule has 0 radical (unpaired) electrons. The number of halogens is 3. The first-order valence-corrected chi connectivity index (χ1v) is 7.36. The van der Waals surface area contributed by atoms with Gasteiger partial charge >= 0.3 is 12.1 Å². The Morgan fingerprint density at radius 3 is 2.73 bits per heavy atom. The highest BCUT2D eigenvalue weighted by Gasteiger charge is 2.34. The fourth-order valence-corrected chi connectivity index (χ4v) is 3.19. The number of carboxylic acid groups (broad SMARTS) is 1. The zero-order chi connectivity index (χ0) is 15.9. The quantitative estimate of drug-likeness (QED) is 0.904. The van der Waals surface area contributed by atoms with Crippen molar-refractivity contribution in [2.45, 2.75) is 18.6 Å². The minimum atomic E-state index is -4.29. The van der Waals surface area contributed by atoms with E-state index in [4.69, 9.17) is 5.11 Å². The van der Waals surface area contributed by atoms with Gasteiger partial charge in [-0.1, -0.05) is 0 Å². The number of nitrogens with one attached hydrogen (secondary N) is 1. The fourth-order valence-electron chi connectivity index (χ4n) is 2.42. The normalized spacial score (nSPS) is 16.7. The second-order valence-corrected chi connectivity index (χ2v) is 6.13. The number of aromatic amines is 1. The summed E-state index contributed by atoms with van der Waals surface area (Å²) < 4.78 is 37.6. The van der Waals surface area contributed by atoms with Crippen LogP contribution < -0.4 is 0 Å². The largest absolute Gasteiger partial charge is 0.476 e. The standard InChI is InChI=1S/C13H12F3N3O2S/c14-13(15,16)11-1-7(6-22-11)3-19-4-8(5-19)9-2-10(12(20)21)18-17-9/h1-2,6,8H,3-5H2,(H,17,18)(H,20,21). The first-order valence-electron chi connectivity index (χ1n) is 6.48. The van der Waals surface area contributed by atoms with Crippen LogP contribution in [-0.2, 0) is 12.7 Å². The number of likely N-dealkylation sites (tertiary alicyclic amines) is 1. The van der Waals surface area contributed by atoms with Crippen LogP contribution in [0.5, 0.6) is 0 Å². The molecule has 118 valence electrons. The third-order valence-corrected chi connectivity index (χ3v) is 4.58. The smallest absolute Gasteiger partial charge is 0.425 e. The van der Waals surface area contributed by atoms with Crippen molar-refractivity contribution < 1.29 is 23.1 Å². The van der Waals surface area contributed by atoms with E-state index in [1.165, 1.54) is 17.5 Å². The minimum Gasteiger partial charge on any atom is -0.476 e. The fraction of sp³-hybridized carbons (Fsp3) is 0.385. The third-order valence-electron chi connectivity index (χ3n) is 3.55. The zero-order valence-corrected chi connectivity index (χ0v) is 12.0. The Morgan fingerprint density at radius 2 is 2.18 bits per heavy atom. The van der Waals surface area contributed by atoms with Crippen LogP contribution in [0.1, 0.15) is 32.5 Å². The number of carboxylic acids is 1. The molecule has 1 aliphatic rings. The molecular weight excluding hydrogens is 319 g/mol. The number of hydrogen-bond acceptors (Lipinski definition) is 4. The number of aromatic carboxylic acids is 1. The molecule has 2 aromatic rings. The van der Waals surface area contributed by atoms with Crippen molar-refractivity contribution in [2.24, 2.45) is 0 Å². The molecule has 0 atom stereocenters. The maximum absolute atomic E-state index is 12.5. The molecule has 3 heterocycles. The lowest BCUT2D eigenvalue weighted by Gasteiger charge is -2.38. The summed E-state index contributed by atoms with van der Waals surface area (Å²) >= 11 is 0.704. The second kappa shape index (κ2) is 5.40. The van der Waals surface area contributed by atoms with Crippen molar-refractivity contribution in [3.8, 4) is 0 Å². The summed E-state index contributed by atoms with van der Waals surface area (Å²) in [7, 11) is 0. The van der Waals surface area contributed by atoms with Crippen molar-refractivity contribution in [3.05, 3.63) is 39.3 Å². The summed E-state index contributed by atoms with van der Waals surface area (Å²) in [6.07, 6.45) is -4.29. The van der Waals surface area contributed by atoms with E-state index >= 15 is 0 Å². The molecule has 2 aromatic heterocycles. The molecule has 2 N–H and O–H groups in total. The topological polar surface area (TPSA) is 69.2 Å². The van der Waals surface area contributed by atoms with Gasteiger partial charge in [0.1, 0.15) is 4.88 Å². The van der Waals surface area contributed by atoms with E-state index in [0.717, 1.165) is 5.69 Å². The lowest BCUT2D eigenvalue weighted by atomic mass is 9.96. The summed E-state index contributed by atoms with van der Waals surface area (Å²) in [5.74, 6) is -0.946. The van der Waals surface area contributed by atoms with Gasteiger partial charge in [-0.3, -0.25) is 10.00 Å². The number of alkyl halides is 3. The molecule has 1 saturated heterocycles. The Bertz CT molecular complexity index is 689. The SMILES string of the molecule is O=C(O)c1cc(C2CN(Cc3csc(C(F)(F)F)c3)C2)[nH]n1. The number of hydrogen-bond donors (Lipinski definition) is 2. The van der Waals surface area contributed by atoms with Crippen molar-refractivity contribution in [1.82, 2.24) is 15.1 Å². The predicted octanol–water partition coefficient (Wildman–Crippen LogP) is 2.79. The molecule has 3 rings (SSSR count). The van der Waals surface area contributed by atoms with E-state index in [9.17, 15) is 18.0 Å². The molecule has 9 heteroatoms. The van der Waals surface area contributed by atoms with Gasteiger partial charge < -0.3 is 5.11 Å². The summed E-state index contributed by atoms with van der Waals surface area (Å²) in [6, 6.07) is 2.67. The average Bonchev–Trinajstić information content (AvgIpc) is 3.01. The van der Waals surface area contributed by atoms with Crippen LogP contribution in [0.25, 0.3) is 0 Å². The van der Waals surface area contributed by atoms with Gasteiger partial charge in [0.15, 0.2) is 5.69 Å². The van der Waals surface area contributed by atoms with E-state index in [0.29, 0.717) is 36.5 Å². The number of nitrogens with zero attached hydrogens (tertiary/aromatic N) is 2. The maximum Gasteiger partial charge on any atom is 0.425 e. The zero-order valence-electron chi connectivity index (χ0n) is 11.2. The predicted molar refractivity (Wildman–Crippen MR) is 72.9 cm³/mol. The van der Waals surface area contributed by atoms with E-state index < -0.39 is 17.0 Å². The van der Waals surface area contributed by atoms with Crippen molar-refractivity contribution in [3.63, 3.8) is 0 Å². The number of aromatic nitrogens is 2. The van der Waals surface area contributed by atoms with Crippen molar-refractivity contribution >= 4 is 17.3 Å². The highest BCUT2D eigenvalue weighted by molar-refractivity contribution is 7.10. The van der Waals surface area contributed by atoms with Gasteiger partial charge in [-0.05, 0) is 23.1 Å². The van der Waals surface area contributed by atoms with Crippen LogP contribution in [0.15, 0.2) is 17.5 Å². The highest BCUT2D eigenvalue weighted by Crippen LogP contribution is 2.35. The van der Waals surface area contributed by atoms with Gasteiger partial charge in [0.2, 0.25) is 0 Å². The van der Waals surface area contributed by atoms with E-state index in [1.807, 2.05) is 4.90 Å². The number of H-pyrrole nitrogens is 1. The van der Waals surface area contributed by atoms with Crippen molar-refractivity contribution in [1.29, 1.82) is 0 Å². The molecule has 0 aromatic carbocycles. The molecule has 1 aliphatic heterocycles. The summed E-state index contributed by atoms with van der Waals surface area (Å²) in [5.41, 5.74) is 1.36. The Kier molecular flexibility index (Phi) is 3.69. The van der Waals surface area contributed by atoms with Gasteiger partial charge in [-0.2, -0.15) is 18.3 Å². The molecule has 0 spiro atoms. The molecule has 0 unspecified atom stereocenters. The Morgan fingerprint density at radius 1 is 1.45 bits per heavy atom. The number of rotatable bonds is 4. The second-order valence-electron chi connectivity index (χ2n) is 5.22. The molecular formula is C13H12F3N3O2S. The summed E-state index contributed by atoms with van der Waals surface area (Å²) in [4.78, 5) is 12.2. The molecule has 22 heavy (non-hydrogen) atoms. The monoisotopic (exact) mass is 331 g/mol. The first-order chi connectivity index (χ1) is 10.3. The van der Waals surface area contributed by atoms with Crippen molar-refractivity contribution in [2.75, 3.05) is 13.1 Å². The van der Waals surface area contributed by atoms with E-state index in [1.54, 1.807) is 0 Å². The lowest BCUT2D eigenvalue weighted by Crippen LogP contribution is -2.44. The molecule has 0 bridgehead atoms. The van der Waals surface area contributed by atoms with E-state index in [-0.39, 0.29) is 11.6 Å². The van der Waals surface area contributed by atoms with Crippen LogP contribution in [-0.4, -0.2) is 39.3 Å². The van der Waals surface area contributed by atoms with Gasteiger partial charge in [0, 0.05) is 31.2 Å². The van der Waals surface area contributed by atoms with Crippen LogP contribution >= 0.6 is 11.3 Å². The molecule has 1 fully saturated rings. The van der Waals surface area contributed by atoms with Gasteiger partial charge in [0.05, 0.1) is 0 Å². The van der Waals surface area contributed by atoms with E-state index in [2.05, 4.69) is 10.2 Å². The average molecular weight is 331 g/mol. The number of thiophene rings is 1. The van der Waals surface area contributed by atoms with Gasteiger partial charge in [-0.15, -0.1) is 11.3 Å². The Hall–Kier alpha value is -1.87. The minimum absolute atomic E-state index is 0.0268. The summed E-state index contributed by atoms with van der Waals surface area (Å²) in [5, 5.41) is 16.7. The first kappa shape index (κ1) is 15.0. The van der Waals surface area contributed by atoms with Crippen LogP contribution in [0.2, 0.25) is 0 Å². The number of carbonyl (C=O) groups is 1. The molecule has 5 nitrogen and oxygen atoms in total. The lowest BCUT2D eigenvalue weighted by molar-refractivity contribution is -0.134. The Labute approximate surface area is 127 Å². The third kappa shape index (κ3) is 3.00. The molecule has 0 saturated carbocycles.